The van der Waals surface area contributed by atoms with Gasteiger partial charge in [-0.2, -0.15) is 0 Å². The van der Waals surface area contributed by atoms with Crippen molar-refractivity contribution in [1.82, 2.24) is 5.32 Å². The minimum absolute atomic E-state index is 0.0684. The summed E-state index contributed by atoms with van der Waals surface area (Å²) in [6.45, 7) is 3.28. The lowest BCUT2D eigenvalue weighted by Gasteiger charge is -2.14. The fourth-order valence-corrected chi connectivity index (χ4v) is 2.91. The summed E-state index contributed by atoms with van der Waals surface area (Å²) < 4.78 is 11.4. The van der Waals surface area contributed by atoms with E-state index in [2.05, 4.69) is 16.0 Å². The molecule has 0 spiro atoms. The summed E-state index contributed by atoms with van der Waals surface area (Å²) in [5, 5.41) is 8.64. The van der Waals surface area contributed by atoms with Crippen LogP contribution in [0.1, 0.15) is 17.3 Å². The first kappa shape index (κ1) is 22.7. The second kappa shape index (κ2) is 12.0. The van der Waals surface area contributed by atoms with Crippen molar-refractivity contribution in [2.24, 2.45) is 0 Å². The van der Waals surface area contributed by atoms with Gasteiger partial charge in [0.2, 0.25) is 5.91 Å². The second-order valence-corrected chi connectivity index (χ2v) is 6.84. The number of rotatable bonds is 11. The topological polar surface area (TPSA) is 88.7 Å². The van der Waals surface area contributed by atoms with Crippen molar-refractivity contribution in [3.8, 4) is 11.5 Å². The molecule has 0 radical (unpaired) electrons. The van der Waals surface area contributed by atoms with E-state index in [1.807, 2.05) is 61.5 Å². The number of carbonyl (C=O) groups excluding carboxylic acids is 2. The summed E-state index contributed by atoms with van der Waals surface area (Å²) in [6, 6.07) is 23.7. The predicted octanol–water partition coefficient (Wildman–Crippen LogP) is 3.94. The van der Waals surface area contributed by atoms with Gasteiger partial charge in [-0.05, 0) is 55.5 Å². The molecule has 3 aromatic carbocycles. The molecule has 2 amide bonds. The molecule has 3 aromatic rings. The monoisotopic (exact) mass is 433 g/mol. The Labute approximate surface area is 187 Å². The summed E-state index contributed by atoms with van der Waals surface area (Å²) in [5.41, 5.74) is 1.88. The van der Waals surface area contributed by atoms with E-state index in [0.717, 1.165) is 5.75 Å². The number of para-hydroxylation sites is 3. The Kier molecular flexibility index (Phi) is 8.50. The fraction of sp³-hybridized carbons (Fsp3) is 0.200. The quantitative estimate of drug-likeness (QED) is 0.399. The minimum atomic E-state index is -0.210. The summed E-state index contributed by atoms with van der Waals surface area (Å²) in [4.78, 5) is 24.1. The van der Waals surface area contributed by atoms with Crippen LogP contribution >= 0.6 is 0 Å². The van der Waals surface area contributed by atoms with Crippen LogP contribution in [0.25, 0.3) is 0 Å². The molecule has 0 aliphatic heterocycles. The molecule has 0 saturated carbocycles. The molecule has 0 aromatic heterocycles. The number of carbonyl (C=O) groups is 2. The first-order valence-corrected chi connectivity index (χ1v) is 10.5. The number of hydrogen-bond donors (Lipinski definition) is 3. The van der Waals surface area contributed by atoms with E-state index in [4.69, 9.17) is 9.47 Å². The van der Waals surface area contributed by atoms with Gasteiger partial charge in [-0.15, -0.1) is 0 Å². The molecule has 0 aliphatic rings. The van der Waals surface area contributed by atoms with Gasteiger partial charge < -0.3 is 25.4 Å². The molecule has 0 heterocycles. The molecule has 166 valence electrons. The lowest BCUT2D eigenvalue weighted by Crippen LogP contribution is -2.23. The highest BCUT2D eigenvalue weighted by atomic mass is 16.5. The Hall–Kier alpha value is -4.00. The zero-order valence-electron chi connectivity index (χ0n) is 18.0. The van der Waals surface area contributed by atoms with Crippen molar-refractivity contribution < 1.29 is 19.1 Å². The number of hydrogen-bond acceptors (Lipinski definition) is 5. The number of amides is 2. The van der Waals surface area contributed by atoms with Crippen LogP contribution in [-0.2, 0) is 4.79 Å². The number of anilines is 2. The van der Waals surface area contributed by atoms with Crippen LogP contribution in [0, 0.1) is 0 Å². The highest BCUT2D eigenvalue weighted by Gasteiger charge is 2.08. The van der Waals surface area contributed by atoms with Gasteiger partial charge in [0.05, 0.1) is 12.2 Å². The van der Waals surface area contributed by atoms with Gasteiger partial charge in [0.1, 0.15) is 24.7 Å². The van der Waals surface area contributed by atoms with Crippen LogP contribution in [0.5, 0.6) is 11.5 Å². The standard InChI is InChI=1S/C25H27N3O4/c1-2-26-25(30)19-12-14-20(15-13-19)28-24(29)18-27-22-10-6-7-11-23(22)32-17-16-31-21-8-4-3-5-9-21/h3-15,27H,2,16-18H2,1H3,(H,26,30)(H,28,29). The molecule has 3 N–H and O–H groups in total. The van der Waals surface area contributed by atoms with E-state index >= 15 is 0 Å². The molecule has 0 atom stereocenters. The van der Waals surface area contributed by atoms with Crippen molar-refractivity contribution in [2.75, 3.05) is 36.9 Å². The molecule has 0 unspecified atom stereocenters. The molecule has 0 fully saturated rings. The van der Waals surface area contributed by atoms with Crippen LogP contribution in [0.15, 0.2) is 78.9 Å². The van der Waals surface area contributed by atoms with Gasteiger partial charge >= 0.3 is 0 Å². The Morgan fingerprint density at radius 3 is 2.25 bits per heavy atom. The van der Waals surface area contributed by atoms with E-state index in [1.54, 1.807) is 24.3 Å². The molecule has 7 nitrogen and oxygen atoms in total. The third-order valence-electron chi connectivity index (χ3n) is 4.45. The van der Waals surface area contributed by atoms with Gasteiger partial charge in [0.15, 0.2) is 0 Å². The molecule has 0 aliphatic carbocycles. The average Bonchev–Trinajstić information content (AvgIpc) is 2.82. The Balaban J connectivity index is 1.45. The number of nitrogens with one attached hydrogen (secondary N) is 3. The fourth-order valence-electron chi connectivity index (χ4n) is 2.91. The lowest BCUT2D eigenvalue weighted by atomic mass is 10.2. The van der Waals surface area contributed by atoms with Gasteiger partial charge in [-0.25, -0.2) is 0 Å². The van der Waals surface area contributed by atoms with Crippen molar-refractivity contribution in [3.05, 3.63) is 84.4 Å². The largest absolute Gasteiger partial charge is 0.490 e. The maximum absolute atomic E-state index is 12.3. The van der Waals surface area contributed by atoms with Crippen LogP contribution in [0.2, 0.25) is 0 Å². The first-order valence-electron chi connectivity index (χ1n) is 10.5. The highest BCUT2D eigenvalue weighted by Crippen LogP contribution is 2.23. The van der Waals surface area contributed by atoms with E-state index in [1.165, 1.54) is 0 Å². The maximum Gasteiger partial charge on any atom is 0.251 e. The summed E-state index contributed by atoms with van der Waals surface area (Å²) in [7, 11) is 0. The molecular weight excluding hydrogens is 406 g/mol. The van der Waals surface area contributed by atoms with E-state index < -0.39 is 0 Å². The van der Waals surface area contributed by atoms with Crippen LogP contribution < -0.4 is 25.4 Å². The molecule has 3 rings (SSSR count). The normalized spacial score (nSPS) is 10.2. The molecule has 0 bridgehead atoms. The van der Waals surface area contributed by atoms with Crippen LogP contribution in [-0.4, -0.2) is 38.1 Å². The SMILES string of the molecule is CCNC(=O)c1ccc(NC(=O)CNc2ccccc2OCCOc2ccccc2)cc1. The Bertz CT molecular complexity index is 1010. The molecule has 0 saturated heterocycles. The molecule has 7 heteroatoms. The molecular formula is C25H27N3O4. The van der Waals surface area contributed by atoms with Crippen molar-refractivity contribution in [2.45, 2.75) is 6.92 Å². The smallest absolute Gasteiger partial charge is 0.251 e. The molecule has 32 heavy (non-hydrogen) atoms. The summed E-state index contributed by atoms with van der Waals surface area (Å²) >= 11 is 0. The number of ether oxygens (including phenoxy) is 2. The second-order valence-electron chi connectivity index (χ2n) is 6.84. The van der Waals surface area contributed by atoms with Gasteiger partial charge in [0.25, 0.3) is 5.91 Å². The lowest BCUT2D eigenvalue weighted by molar-refractivity contribution is -0.114. The van der Waals surface area contributed by atoms with Crippen molar-refractivity contribution >= 4 is 23.2 Å². The van der Waals surface area contributed by atoms with E-state index in [-0.39, 0.29) is 18.4 Å². The first-order chi connectivity index (χ1) is 15.7. The summed E-state index contributed by atoms with van der Waals surface area (Å²) in [6.07, 6.45) is 0. The van der Waals surface area contributed by atoms with Gasteiger partial charge in [0, 0.05) is 17.8 Å². The predicted molar refractivity (Wildman–Crippen MR) is 125 cm³/mol. The third kappa shape index (κ3) is 7.05. The van der Waals surface area contributed by atoms with Crippen LogP contribution in [0.3, 0.4) is 0 Å². The minimum Gasteiger partial charge on any atom is -0.490 e. The van der Waals surface area contributed by atoms with Gasteiger partial charge in [-0.1, -0.05) is 30.3 Å². The Morgan fingerprint density at radius 2 is 1.50 bits per heavy atom. The summed E-state index contributed by atoms with van der Waals surface area (Å²) in [5.74, 6) is 1.08. The van der Waals surface area contributed by atoms with E-state index in [0.29, 0.717) is 42.4 Å². The van der Waals surface area contributed by atoms with E-state index in [9.17, 15) is 9.59 Å². The third-order valence-corrected chi connectivity index (χ3v) is 4.45. The van der Waals surface area contributed by atoms with Gasteiger partial charge in [-0.3, -0.25) is 9.59 Å². The average molecular weight is 434 g/mol. The zero-order chi connectivity index (χ0) is 22.6. The number of benzene rings is 3. The van der Waals surface area contributed by atoms with Crippen LogP contribution in [0.4, 0.5) is 11.4 Å². The highest BCUT2D eigenvalue weighted by molar-refractivity contribution is 5.96. The zero-order valence-corrected chi connectivity index (χ0v) is 18.0. The van der Waals surface area contributed by atoms with Crippen molar-refractivity contribution in [1.29, 1.82) is 0 Å². The maximum atomic E-state index is 12.3. The van der Waals surface area contributed by atoms with Crippen molar-refractivity contribution in [3.63, 3.8) is 0 Å². The Morgan fingerprint density at radius 1 is 0.812 bits per heavy atom.